The highest BCUT2D eigenvalue weighted by atomic mass is 16.7. The molecule has 5 nitrogen and oxygen atoms in total. The molecule has 0 spiro atoms. The van der Waals surface area contributed by atoms with Crippen LogP contribution in [0.5, 0.6) is 0 Å². The summed E-state index contributed by atoms with van der Waals surface area (Å²) < 4.78 is 16.0. The molecule has 1 N–H and O–H groups in total. The summed E-state index contributed by atoms with van der Waals surface area (Å²) in [6, 6.07) is 7.68. The smallest absolute Gasteiger partial charge is 0.408 e. The number of hydrogen-bond donors (Lipinski definition) is 1. The first-order valence-electron chi connectivity index (χ1n) is 7.23. The molecule has 22 heavy (non-hydrogen) atoms. The van der Waals surface area contributed by atoms with E-state index in [4.69, 9.17) is 14.2 Å². The molecule has 2 rings (SSSR count). The van der Waals surface area contributed by atoms with Crippen LogP contribution in [0.25, 0.3) is 0 Å². The van der Waals surface area contributed by atoms with Crippen molar-refractivity contribution in [1.82, 2.24) is 5.32 Å². The van der Waals surface area contributed by atoms with Crippen molar-refractivity contribution in [2.45, 2.75) is 32.7 Å². The van der Waals surface area contributed by atoms with Crippen molar-refractivity contribution in [1.29, 1.82) is 0 Å². The minimum atomic E-state index is -0.507. The molecule has 0 bridgehead atoms. The maximum absolute atomic E-state index is 11.5. The third kappa shape index (κ3) is 5.40. The predicted octanol–water partition coefficient (Wildman–Crippen LogP) is 2.61. The first-order valence-corrected chi connectivity index (χ1v) is 7.23. The molecule has 0 atom stereocenters. The van der Waals surface area contributed by atoms with Gasteiger partial charge < -0.3 is 19.5 Å². The Labute approximate surface area is 130 Å². The van der Waals surface area contributed by atoms with E-state index >= 15 is 0 Å². The topological polar surface area (TPSA) is 56.8 Å². The Morgan fingerprint density at radius 3 is 2.77 bits per heavy atom. The highest BCUT2D eigenvalue weighted by molar-refractivity contribution is 5.68. The zero-order valence-electron chi connectivity index (χ0n) is 13.1. The van der Waals surface area contributed by atoms with E-state index in [9.17, 15) is 4.79 Å². The Morgan fingerprint density at radius 1 is 1.36 bits per heavy atom. The standard InChI is InChI=1S/C17H21NO4/c1-17(2,3)22-16(19)18-9-5-7-13-6-4-8-14(12-13)15-20-10-11-21-15/h4,6,8,12,15H,9-11H2,1-3H3,(H,18,19). The third-order valence-electron chi connectivity index (χ3n) is 2.73. The third-order valence-corrected chi connectivity index (χ3v) is 2.73. The van der Waals surface area contributed by atoms with Crippen LogP contribution < -0.4 is 5.32 Å². The Bertz CT molecular complexity index is 574. The van der Waals surface area contributed by atoms with Crippen LogP contribution >= 0.6 is 0 Å². The number of carbonyl (C=O) groups excluding carboxylic acids is 1. The van der Waals surface area contributed by atoms with Crippen molar-refractivity contribution in [3.05, 3.63) is 35.4 Å². The summed E-state index contributed by atoms with van der Waals surface area (Å²) in [7, 11) is 0. The molecule has 0 aliphatic carbocycles. The van der Waals surface area contributed by atoms with Crippen LogP contribution in [0.15, 0.2) is 24.3 Å². The van der Waals surface area contributed by atoms with E-state index in [0.29, 0.717) is 13.2 Å². The van der Waals surface area contributed by atoms with Crippen LogP contribution in [-0.2, 0) is 14.2 Å². The largest absolute Gasteiger partial charge is 0.444 e. The minimum absolute atomic E-state index is 0.232. The molecule has 1 aliphatic heterocycles. The lowest BCUT2D eigenvalue weighted by Gasteiger charge is -2.19. The molecule has 0 aromatic heterocycles. The maximum atomic E-state index is 11.5. The van der Waals surface area contributed by atoms with Crippen molar-refractivity contribution < 1.29 is 19.0 Å². The molecule has 0 saturated carbocycles. The summed E-state index contributed by atoms with van der Waals surface area (Å²) in [6.45, 7) is 6.90. The average molecular weight is 303 g/mol. The Morgan fingerprint density at radius 2 is 2.09 bits per heavy atom. The second-order valence-corrected chi connectivity index (χ2v) is 5.86. The van der Waals surface area contributed by atoms with Gasteiger partial charge in [0.15, 0.2) is 6.29 Å². The van der Waals surface area contributed by atoms with E-state index in [1.165, 1.54) is 0 Å². The van der Waals surface area contributed by atoms with Gasteiger partial charge in [-0.05, 0) is 32.9 Å². The van der Waals surface area contributed by atoms with E-state index in [1.807, 2.05) is 45.0 Å². The van der Waals surface area contributed by atoms with Crippen molar-refractivity contribution in [2.75, 3.05) is 19.8 Å². The summed E-state index contributed by atoms with van der Waals surface area (Å²) in [6.07, 6.45) is -0.773. The Kier molecular flexibility index (Phi) is 5.42. The molecule has 1 aromatic carbocycles. The second-order valence-electron chi connectivity index (χ2n) is 5.86. The minimum Gasteiger partial charge on any atom is -0.444 e. The first kappa shape index (κ1) is 16.3. The summed E-state index contributed by atoms with van der Waals surface area (Å²) in [5, 5.41) is 2.60. The van der Waals surface area contributed by atoms with Gasteiger partial charge >= 0.3 is 6.09 Å². The van der Waals surface area contributed by atoms with Gasteiger partial charge in [-0.25, -0.2) is 4.79 Å². The Hall–Kier alpha value is -2.03. The van der Waals surface area contributed by atoms with Crippen LogP contribution in [0.4, 0.5) is 4.79 Å². The number of amides is 1. The van der Waals surface area contributed by atoms with Gasteiger partial charge in [0.1, 0.15) is 5.60 Å². The fraction of sp³-hybridized carbons (Fsp3) is 0.471. The molecule has 0 radical (unpaired) electrons. The first-order chi connectivity index (χ1) is 10.4. The van der Waals surface area contributed by atoms with Crippen LogP contribution in [0, 0.1) is 11.8 Å². The number of carbonyl (C=O) groups is 1. The summed E-state index contributed by atoms with van der Waals surface area (Å²) in [4.78, 5) is 11.5. The molecule has 0 unspecified atom stereocenters. The number of hydrogen-bond acceptors (Lipinski definition) is 4. The molecule has 1 amide bonds. The molecule has 1 fully saturated rings. The average Bonchev–Trinajstić information content (AvgIpc) is 2.96. The second kappa shape index (κ2) is 7.30. The number of rotatable bonds is 2. The van der Waals surface area contributed by atoms with Crippen LogP contribution in [-0.4, -0.2) is 31.5 Å². The van der Waals surface area contributed by atoms with Crippen LogP contribution in [0.2, 0.25) is 0 Å². The molecule has 1 aromatic rings. The molecular formula is C17H21NO4. The van der Waals surface area contributed by atoms with Gasteiger partial charge in [0.2, 0.25) is 0 Å². The molecule has 1 heterocycles. The molecule has 1 aliphatic rings. The number of alkyl carbamates (subject to hydrolysis) is 1. The predicted molar refractivity (Wildman–Crippen MR) is 82.2 cm³/mol. The number of ether oxygens (including phenoxy) is 3. The monoisotopic (exact) mass is 303 g/mol. The summed E-state index contributed by atoms with van der Waals surface area (Å²) in [5.74, 6) is 5.89. The highest BCUT2D eigenvalue weighted by Gasteiger charge is 2.18. The van der Waals surface area contributed by atoms with Gasteiger partial charge in [0, 0.05) is 11.1 Å². The quantitative estimate of drug-likeness (QED) is 0.853. The van der Waals surface area contributed by atoms with Gasteiger partial charge in [-0.2, -0.15) is 0 Å². The zero-order valence-corrected chi connectivity index (χ0v) is 13.1. The summed E-state index contributed by atoms with van der Waals surface area (Å²) in [5.41, 5.74) is 1.29. The number of nitrogens with one attached hydrogen (secondary N) is 1. The zero-order chi connectivity index (χ0) is 16.0. The number of benzene rings is 1. The maximum Gasteiger partial charge on any atom is 0.408 e. The van der Waals surface area contributed by atoms with Crippen LogP contribution in [0.1, 0.15) is 38.2 Å². The van der Waals surface area contributed by atoms with E-state index in [1.54, 1.807) is 0 Å². The van der Waals surface area contributed by atoms with E-state index < -0.39 is 11.7 Å². The van der Waals surface area contributed by atoms with Crippen molar-refractivity contribution >= 4 is 6.09 Å². The highest BCUT2D eigenvalue weighted by Crippen LogP contribution is 2.23. The van der Waals surface area contributed by atoms with E-state index in [-0.39, 0.29) is 12.8 Å². The van der Waals surface area contributed by atoms with Crippen molar-refractivity contribution in [3.63, 3.8) is 0 Å². The van der Waals surface area contributed by atoms with Gasteiger partial charge in [-0.1, -0.05) is 24.0 Å². The fourth-order valence-electron chi connectivity index (χ4n) is 1.89. The van der Waals surface area contributed by atoms with E-state index in [2.05, 4.69) is 17.2 Å². The SMILES string of the molecule is CC(C)(C)OC(=O)NCC#Cc1cccc(C2OCCO2)c1. The lowest BCUT2D eigenvalue weighted by atomic mass is 10.1. The van der Waals surface area contributed by atoms with Gasteiger partial charge in [0.25, 0.3) is 0 Å². The molecular weight excluding hydrogens is 282 g/mol. The van der Waals surface area contributed by atoms with Gasteiger partial charge in [0.05, 0.1) is 19.8 Å². The normalized spacial score (nSPS) is 15.0. The molecule has 5 heteroatoms. The van der Waals surface area contributed by atoms with E-state index in [0.717, 1.165) is 11.1 Å². The molecule has 118 valence electrons. The molecule has 1 saturated heterocycles. The summed E-state index contributed by atoms with van der Waals surface area (Å²) >= 11 is 0. The lowest BCUT2D eigenvalue weighted by Crippen LogP contribution is -2.32. The van der Waals surface area contributed by atoms with Crippen molar-refractivity contribution in [3.8, 4) is 11.8 Å². The van der Waals surface area contributed by atoms with Gasteiger partial charge in [-0.3, -0.25) is 0 Å². The van der Waals surface area contributed by atoms with Crippen molar-refractivity contribution in [2.24, 2.45) is 0 Å². The fourth-order valence-corrected chi connectivity index (χ4v) is 1.89. The Balaban J connectivity index is 1.86. The lowest BCUT2D eigenvalue weighted by molar-refractivity contribution is -0.0441. The van der Waals surface area contributed by atoms with Gasteiger partial charge in [-0.15, -0.1) is 0 Å². The van der Waals surface area contributed by atoms with Crippen LogP contribution in [0.3, 0.4) is 0 Å².